The molecule has 6 nitrogen and oxygen atoms in total. The minimum atomic E-state index is -0.428. The van der Waals surface area contributed by atoms with E-state index < -0.39 is 5.97 Å². The molecule has 0 aromatic carbocycles. The molecule has 2 aromatic rings. The molecule has 0 amide bonds. The summed E-state index contributed by atoms with van der Waals surface area (Å²) >= 11 is 0. The Balaban J connectivity index is 2.15. The van der Waals surface area contributed by atoms with Crippen LogP contribution in [0.15, 0.2) is 24.5 Å². The average molecular weight is 270 g/mol. The SMILES string of the molecule is COC(=O)c1nc(-c2ccncc2)nc2c1CNCC2. The number of esters is 1. The van der Waals surface area contributed by atoms with Crippen molar-refractivity contribution in [1.82, 2.24) is 20.3 Å². The van der Waals surface area contributed by atoms with E-state index in [4.69, 9.17) is 4.74 Å². The molecule has 0 aliphatic carbocycles. The molecule has 0 saturated heterocycles. The van der Waals surface area contributed by atoms with Crippen molar-refractivity contribution in [3.05, 3.63) is 41.5 Å². The Bertz CT molecular complexity index is 643. The predicted molar refractivity (Wildman–Crippen MR) is 72.0 cm³/mol. The first-order valence-corrected chi connectivity index (χ1v) is 6.39. The molecule has 0 atom stereocenters. The van der Waals surface area contributed by atoms with Gasteiger partial charge in [-0.3, -0.25) is 4.98 Å². The Hall–Kier alpha value is -2.34. The van der Waals surface area contributed by atoms with Crippen LogP contribution in [0.2, 0.25) is 0 Å². The van der Waals surface area contributed by atoms with Crippen LogP contribution >= 0.6 is 0 Å². The molecule has 0 spiro atoms. The highest BCUT2D eigenvalue weighted by atomic mass is 16.5. The van der Waals surface area contributed by atoms with E-state index in [1.165, 1.54) is 7.11 Å². The van der Waals surface area contributed by atoms with Crippen LogP contribution in [-0.2, 0) is 17.7 Å². The van der Waals surface area contributed by atoms with Crippen LogP contribution in [0.4, 0.5) is 0 Å². The van der Waals surface area contributed by atoms with Gasteiger partial charge in [0.1, 0.15) is 0 Å². The van der Waals surface area contributed by atoms with Crippen LogP contribution < -0.4 is 5.32 Å². The van der Waals surface area contributed by atoms with Crippen LogP contribution in [0.1, 0.15) is 21.7 Å². The number of aromatic nitrogens is 3. The van der Waals surface area contributed by atoms with Crippen molar-refractivity contribution >= 4 is 5.97 Å². The molecule has 0 bridgehead atoms. The number of carbonyl (C=O) groups is 1. The van der Waals surface area contributed by atoms with Crippen LogP contribution in [0.25, 0.3) is 11.4 Å². The second kappa shape index (κ2) is 5.34. The molecule has 20 heavy (non-hydrogen) atoms. The zero-order valence-corrected chi connectivity index (χ0v) is 11.1. The van der Waals surface area contributed by atoms with Crippen molar-refractivity contribution < 1.29 is 9.53 Å². The van der Waals surface area contributed by atoms with Gasteiger partial charge in [0.25, 0.3) is 0 Å². The summed E-state index contributed by atoms with van der Waals surface area (Å²) in [5.41, 5.74) is 2.93. The van der Waals surface area contributed by atoms with Gasteiger partial charge < -0.3 is 10.1 Å². The number of fused-ring (bicyclic) bond motifs is 1. The van der Waals surface area contributed by atoms with E-state index in [9.17, 15) is 4.79 Å². The second-order valence-corrected chi connectivity index (χ2v) is 4.48. The highest BCUT2D eigenvalue weighted by Gasteiger charge is 2.22. The smallest absolute Gasteiger partial charge is 0.357 e. The fourth-order valence-corrected chi connectivity index (χ4v) is 2.24. The lowest BCUT2D eigenvalue weighted by Gasteiger charge is -2.19. The topological polar surface area (TPSA) is 77.0 Å². The Labute approximate surface area is 116 Å². The van der Waals surface area contributed by atoms with E-state index in [0.29, 0.717) is 18.1 Å². The first-order valence-electron chi connectivity index (χ1n) is 6.39. The molecule has 6 heteroatoms. The molecule has 2 aromatic heterocycles. The van der Waals surface area contributed by atoms with Crippen LogP contribution in [-0.4, -0.2) is 34.6 Å². The van der Waals surface area contributed by atoms with E-state index >= 15 is 0 Å². The molecule has 0 saturated carbocycles. The zero-order valence-electron chi connectivity index (χ0n) is 11.1. The maximum Gasteiger partial charge on any atom is 0.357 e. The minimum Gasteiger partial charge on any atom is -0.464 e. The Morgan fingerprint density at radius 3 is 2.85 bits per heavy atom. The zero-order chi connectivity index (χ0) is 13.9. The lowest BCUT2D eigenvalue weighted by atomic mass is 10.0. The summed E-state index contributed by atoms with van der Waals surface area (Å²) in [6.45, 7) is 1.44. The predicted octanol–water partition coefficient (Wildman–Crippen LogP) is 0.971. The van der Waals surface area contributed by atoms with Crippen molar-refractivity contribution in [2.24, 2.45) is 0 Å². The molecule has 1 N–H and O–H groups in total. The number of carbonyl (C=O) groups excluding carboxylic acids is 1. The molecule has 0 fully saturated rings. The van der Waals surface area contributed by atoms with Crippen molar-refractivity contribution in [2.75, 3.05) is 13.7 Å². The summed E-state index contributed by atoms with van der Waals surface area (Å²) in [5.74, 6) is 0.108. The van der Waals surface area contributed by atoms with E-state index in [0.717, 1.165) is 29.8 Å². The molecular formula is C14H14N4O2. The van der Waals surface area contributed by atoms with Gasteiger partial charge in [-0.2, -0.15) is 0 Å². The van der Waals surface area contributed by atoms with Crippen molar-refractivity contribution in [3.8, 4) is 11.4 Å². The summed E-state index contributed by atoms with van der Waals surface area (Å²) in [4.78, 5) is 24.8. The maximum absolute atomic E-state index is 11.9. The van der Waals surface area contributed by atoms with E-state index in [2.05, 4.69) is 20.3 Å². The van der Waals surface area contributed by atoms with E-state index in [1.807, 2.05) is 12.1 Å². The average Bonchev–Trinajstić information content (AvgIpc) is 2.54. The number of hydrogen-bond acceptors (Lipinski definition) is 6. The van der Waals surface area contributed by atoms with Crippen molar-refractivity contribution in [2.45, 2.75) is 13.0 Å². The van der Waals surface area contributed by atoms with Gasteiger partial charge in [-0.05, 0) is 12.1 Å². The van der Waals surface area contributed by atoms with Crippen LogP contribution in [0.5, 0.6) is 0 Å². The number of hydrogen-bond donors (Lipinski definition) is 1. The Morgan fingerprint density at radius 2 is 2.10 bits per heavy atom. The molecule has 102 valence electrons. The Morgan fingerprint density at radius 1 is 1.30 bits per heavy atom. The molecule has 3 heterocycles. The van der Waals surface area contributed by atoms with Gasteiger partial charge in [-0.25, -0.2) is 14.8 Å². The van der Waals surface area contributed by atoms with Crippen LogP contribution in [0, 0.1) is 0 Å². The number of methoxy groups -OCH3 is 1. The molecule has 1 aliphatic rings. The van der Waals surface area contributed by atoms with Crippen molar-refractivity contribution in [1.29, 1.82) is 0 Å². The van der Waals surface area contributed by atoms with Gasteiger partial charge in [0.15, 0.2) is 11.5 Å². The lowest BCUT2D eigenvalue weighted by molar-refractivity contribution is 0.0592. The van der Waals surface area contributed by atoms with E-state index in [-0.39, 0.29) is 0 Å². The first-order chi connectivity index (χ1) is 9.79. The fraction of sp³-hybridized carbons (Fsp3) is 0.286. The normalized spacial score (nSPS) is 13.7. The molecule has 0 unspecified atom stereocenters. The van der Waals surface area contributed by atoms with E-state index in [1.54, 1.807) is 12.4 Å². The summed E-state index contributed by atoms with van der Waals surface area (Å²) < 4.78 is 4.82. The second-order valence-electron chi connectivity index (χ2n) is 4.48. The quantitative estimate of drug-likeness (QED) is 0.819. The molecular weight excluding hydrogens is 256 g/mol. The third-order valence-electron chi connectivity index (χ3n) is 3.25. The summed E-state index contributed by atoms with van der Waals surface area (Å²) in [7, 11) is 1.36. The van der Waals surface area contributed by atoms with Gasteiger partial charge >= 0.3 is 5.97 Å². The van der Waals surface area contributed by atoms with Gasteiger partial charge in [0, 0.05) is 43.0 Å². The minimum absolute atomic E-state index is 0.344. The number of nitrogens with one attached hydrogen (secondary N) is 1. The molecule has 3 rings (SSSR count). The highest BCUT2D eigenvalue weighted by molar-refractivity contribution is 5.89. The fourth-order valence-electron chi connectivity index (χ4n) is 2.24. The van der Waals surface area contributed by atoms with Gasteiger partial charge in [0.2, 0.25) is 0 Å². The third-order valence-corrected chi connectivity index (χ3v) is 3.25. The number of pyridine rings is 1. The van der Waals surface area contributed by atoms with Gasteiger partial charge in [-0.1, -0.05) is 0 Å². The first kappa shape index (κ1) is 12.7. The summed E-state index contributed by atoms with van der Waals surface area (Å²) in [6.07, 6.45) is 4.13. The maximum atomic E-state index is 11.9. The Kier molecular flexibility index (Phi) is 3.39. The monoisotopic (exact) mass is 270 g/mol. The number of nitrogens with zero attached hydrogens (tertiary/aromatic N) is 3. The van der Waals surface area contributed by atoms with Crippen LogP contribution in [0.3, 0.4) is 0 Å². The van der Waals surface area contributed by atoms with Crippen molar-refractivity contribution in [3.63, 3.8) is 0 Å². The number of rotatable bonds is 2. The summed E-state index contributed by atoms with van der Waals surface area (Å²) in [6, 6.07) is 3.65. The number of ether oxygens (including phenoxy) is 1. The van der Waals surface area contributed by atoms with Gasteiger partial charge in [-0.15, -0.1) is 0 Å². The molecule has 1 aliphatic heterocycles. The third kappa shape index (κ3) is 2.25. The highest BCUT2D eigenvalue weighted by Crippen LogP contribution is 2.21. The van der Waals surface area contributed by atoms with Gasteiger partial charge in [0.05, 0.1) is 12.8 Å². The largest absolute Gasteiger partial charge is 0.464 e. The summed E-state index contributed by atoms with van der Waals surface area (Å²) in [5, 5.41) is 3.22. The molecule has 0 radical (unpaired) electrons. The standard InChI is InChI=1S/C14H14N4O2/c1-20-14(19)12-10-8-16-7-4-11(10)17-13(18-12)9-2-5-15-6-3-9/h2-3,5-6,16H,4,7-8H2,1H3. The lowest BCUT2D eigenvalue weighted by Crippen LogP contribution is -2.28.